The number of benzene rings is 2. The van der Waals surface area contributed by atoms with Crippen LogP contribution >= 0.6 is 24.0 Å². The average molecular weight is 409 g/mol. The SMILES string of the molecule is CC(=C\c1ccccc1)/C=C1/SC(=S)N(CC(=O)Nc2ccccc2C)C1=O. The maximum Gasteiger partial charge on any atom is 0.266 e. The maximum absolute atomic E-state index is 12.7. The minimum absolute atomic E-state index is 0.0994. The van der Waals surface area contributed by atoms with Crippen molar-refractivity contribution >= 4 is 51.9 Å². The molecule has 3 rings (SSSR count). The van der Waals surface area contributed by atoms with Crippen LogP contribution in [0.15, 0.2) is 71.2 Å². The molecule has 0 aliphatic carbocycles. The summed E-state index contributed by atoms with van der Waals surface area (Å²) < 4.78 is 0.392. The highest BCUT2D eigenvalue weighted by molar-refractivity contribution is 8.26. The molecule has 1 fully saturated rings. The summed E-state index contributed by atoms with van der Waals surface area (Å²) in [5, 5.41) is 2.83. The number of rotatable bonds is 5. The Balaban J connectivity index is 1.68. The van der Waals surface area contributed by atoms with Crippen LogP contribution in [0.2, 0.25) is 0 Å². The second-order valence-corrected chi connectivity index (χ2v) is 8.11. The second kappa shape index (κ2) is 8.99. The molecule has 2 amide bonds. The lowest BCUT2D eigenvalue weighted by Gasteiger charge is -2.15. The third-order valence-electron chi connectivity index (χ3n) is 4.15. The summed E-state index contributed by atoms with van der Waals surface area (Å²) >= 11 is 6.53. The quantitative estimate of drug-likeness (QED) is 0.571. The van der Waals surface area contributed by atoms with Gasteiger partial charge in [-0.2, -0.15) is 0 Å². The molecule has 0 unspecified atom stereocenters. The van der Waals surface area contributed by atoms with Crippen LogP contribution in [-0.4, -0.2) is 27.6 Å². The van der Waals surface area contributed by atoms with Gasteiger partial charge in [-0.05, 0) is 42.7 Å². The number of hydrogen-bond donors (Lipinski definition) is 1. The molecular formula is C22H20N2O2S2. The first-order valence-electron chi connectivity index (χ1n) is 8.78. The predicted octanol–water partition coefficient (Wildman–Crippen LogP) is 4.78. The minimum Gasteiger partial charge on any atom is -0.324 e. The Morgan fingerprint density at radius 3 is 2.54 bits per heavy atom. The van der Waals surface area contributed by atoms with Crippen LogP contribution in [0.3, 0.4) is 0 Å². The lowest BCUT2D eigenvalue weighted by molar-refractivity contribution is -0.126. The number of amides is 2. The lowest BCUT2D eigenvalue weighted by Crippen LogP contribution is -2.36. The molecule has 1 heterocycles. The van der Waals surface area contributed by atoms with Crippen molar-refractivity contribution in [3.63, 3.8) is 0 Å². The smallest absolute Gasteiger partial charge is 0.266 e. The number of aryl methyl sites for hydroxylation is 1. The van der Waals surface area contributed by atoms with Crippen molar-refractivity contribution in [1.82, 2.24) is 4.90 Å². The number of carbonyl (C=O) groups is 2. The summed E-state index contributed by atoms with van der Waals surface area (Å²) in [6.07, 6.45) is 3.81. The normalized spacial score (nSPS) is 16.0. The van der Waals surface area contributed by atoms with E-state index in [-0.39, 0.29) is 18.4 Å². The van der Waals surface area contributed by atoms with Crippen molar-refractivity contribution in [2.24, 2.45) is 0 Å². The lowest BCUT2D eigenvalue weighted by atomic mass is 10.1. The molecule has 2 aromatic carbocycles. The van der Waals surface area contributed by atoms with Crippen LogP contribution in [0.5, 0.6) is 0 Å². The fourth-order valence-electron chi connectivity index (χ4n) is 2.74. The standard InChI is InChI=1S/C22H20N2O2S2/c1-15(12-17-9-4-3-5-10-17)13-19-21(26)24(22(27)28-19)14-20(25)23-18-11-7-6-8-16(18)2/h3-13H,14H2,1-2H3,(H,23,25)/b15-12+,19-13+. The van der Waals surface area contributed by atoms with E-state index in [1.165, 1.54) is 16.7 Å². The van der Waals surface area contributed by atoms with E-state index in [2.05, 4.69) is 5.32 Å². The summed E-state index contributed by atoms with van der Waals surface area (Å²) in [5.74, 6) is -0.515. The molecule has 1 aliphatic heterocycles. The maximum atomic E-state index is 12.7. The largest absolute Gasteiger partial charge is 0.324 e. The van der Waals surface area contributed by atoms with Gasteiger partial charge in [-0.25, -0.2) is 0 Å². The highest BCUT2D eigenvalue weighted by atomic mass is 32.2. The Morgan fingerprint density at radius 1 is 1.14 bits per heavy atom. The molecule has 1 saturated heterocycles. The van der Waals surface area contributed by atoms with Crippen molar-refractivity contribution < 1.29 is 9.59 Å². The number of nitrogens with one attached hydrogen (secondary N) is 1. The predicted molar refractivity (Wildman–Crippen MR) is 120 cm³/mol. The molecule has 1 aliphatic rings. The first-order valence-corrected chi connectivity index (χ1v) is 10.0. The molecule has 1 N–H and O–H groups in total. The van der Waals surface area contributed by atoms with Gasteiger partial charge in [0.25, 0.3) is 5.91 Å². The molecule has 142 valence electrons. The molecule has 0 radical (unpaired) electrons. The van der Waals surface area contributed by atoms with Crippen molar-refractivity contribution in [2.75, 3.05) is 11.9 Å². The van der Waals surface area contributed by atoms with Gasteiger partial charge in [0, 0.05) is 5.69 Å². The van der Waals surface area contributed by atoms with E-state index < -0.39 is 0 Å². The number of thioether (sulfide) groups is 1. The van der Waals surface area contributed by atoms with Crippen LogP contribution in [0.25, 0.3) is 6.08 Å². The number of hydrogen-bond acceptors (Lipinski definition) is 4. The minimum atomic E-state index is -0.275. The molecular weight excluding hydrogens is 388 g/mol. The molecule has 2 aromatic rings. The zero-order valence-corrected chi connectivity index (χ0v) is 17.3. The van der Waals surface area contributed by atoms with Crippen molar-refractivity contribution in [2.45, 2.75) is 13.8 Å². The molecule has 0 saturated carbocycles. The van der Waals surface area contributed by atoms with Gasteiger partial charge in [-0.1, -0.05) is 78.6 Å². The topological polar surface area (TPSA) is 49.4 Å². The van der Waals surface area contributed by atoms with E-state index in [1.807, 2.05) is 80.6 Å². The number of carbonyl (C=O) groups excluding carboxylic acids is 2. The van der Waals surface area contributed by atoms with Crippen molar-refractivity contribution in [3.8, 4) is 0 Å². The molecule has 0 aromatic heterocycles. The van der Waals surface area contributed by atoms with E-state index in [0.29, 0.717) is 9.23 Å². The second-order valence-electron chi connectivity index (χ2n) is 6.43. The first kappa shape index (κ1) is 20.0. The van der Waals surface area contributed by atoms with Gasteiger partial charge in [-0.15, -0.1) is 0 Å². The molecule has 28 heavy (non-hydrogen) atoms. The Bertz CT molecular complexity index is 981. The molecule has 4 nitrogen and oxygen atoms in total. The van der Waals surface area contributed by atoms with Crippen LogP contribution in [0.1, 0.15) is 18.1 Å². The summed E-state index contributed by atoms with van der Waals surface area (Å²) in [5.41, 5.74) is 3.69. The summed E-state index contributed by atoms with van der Waals surface area (Å²) in [6, 6.07) is 17.4. The number of anilines is 1. The van der Waals surface area contributed by atoms with Crippen LogP contribution in [0, 0.1) is 6.92 Å². The van der Waals surface area contributed by atoms with Gasteiger partial charge in [0.1, 0.15) is 10.9 Å². The van der Waals surface area contributed by atoms with Gasteiger partial charge in [0.15, 0.2) is 0 Å². The van der Waals surface area contributed by atoms with Crippen LogP contribution < -0.4 is 5.32 Å². The van der Waals surface area contributed by atoms with E-state index in [9.17, 15) is 9.59 Å². The van der Waals surface area contributed by atoms with Gasteiger partial charge in [-0.3, -0.25) is 14.5 Å². The molecule has 6 heteroatoms. The number of para-hydroxylation sites is 1. The van der Waals surface area contributed by atoms with Crippen LogP contribution in [0.4, 0.5) is 5.69 Å². The van der Waals surface area contributed by atoms with E-state index in [0.717, 1.165) is 22.4 Å². The average Bonchev–Trinajstić information content (AvgIpc) is 2.91. The van der Waals surface area contributed by atoms with E-state index >= 15 is 0 Å². The van der Waals surface area contributed by atoms with Crippen molar-refractivity contribution in [1.29, 1.82) is 0 Å². The number of thiocarbonyl (C=S) groups is 1. The van der Waals surface area contributed by atoms with E-state index in [1.54, 1.807) is 0 Å². The Morgan fingerprint density at radius 2 is 1.82 bits per heavy atom. The molecule has 0 spiro atoms. The monoisotopic (exact) mass is 408 g/mol. The molecule has 0 bridgehead atoms. The van der Waals surface area contributed by atoms with Crippen LogP contribution in [-0.2, 0) is 9.59 Å². The Kier molecular flexibility index (Phi) is 6.44. The fourth-order valence-corrected chi connectivity index (χ4v) is 4.05. The highest BCUT2D eigenvalue weighted by Gasteiger charge is 2.33. The summed E-state index contributed by atoms with van der Waals surface area (Å²) in [4.78, 5) is 26.9. The van der Waals surface area contributed by atoms with Gasteiger partial charge in [0.05, 0.1) is 4.91 Å². The summed E-state index contributed by atoms with van der Waals surface area (Å²) in [6.45, 7) is 3.75. The zero-order chi connectivity index (χ0) is 20.1. The van der Waals surface area contributed by atoms with E-state index in [4.69, 9.17) is 12.2 Å². The first-order chi connectivity index (χ1) is 13.4. The molecule has 0 atom stereocenters. The summed E-state index contributed by atoms with van der Waals surface area (Å²) in [7, 11) is 0. The highest BCUT2D eigenvalue weighted by Crippen LogP contribution is 2.32. The third-order valence-corrected chi connectivity index (χ3v) is 5.52. The Hall–Kier alpha value is -2.70. The number of nitrogens with zero attached hydrogens (tertiary/aromatic N) is 1. The van der Waals surface area contributed by atoms with Gasteiger partial charge < -0.3 is 5.32 Å². The fraction of sp³-hybridized carbons (Fsp3) is 0.136. The van der Waals surface area contributed by atoms with Gasteiger partial charge in [0.2, 0.25) is 5.91 Å². The Labute approximate surface area is 174 Å². The third kappa shape index (κ3) is 4.97. The zero-order valence-electron chi connectivity index (χ0n) is 15.6. The van der Waals surface area contributed by atoms with Crippen molar-refractivity contribution in [3.05, 3.63) is 82.3 Å². The number of allylic oxidation sites excluding steroid dienone is 2. The van der Waals surface area contributed by atoms with Gasteiger partial charge >= 0.3 is 0 Å².